The van der Waals surface area contributed by atoms with E-state index in [1.807, 2.05) is 64.1 Å². The van der Waals surface area contributed by atoms with Crippen LogP contribution >= 0.6 is 0 Å². The molecule has 0 radical (unpaired) electrons. The molecule has 0 aromatic heterocycles. The summed E-state index contributed by atoms with van der Waals surface area (Å²) in [6.45, 7) is 12.4. The molecule has 0 spiro atoms. The summed E-state index contributed by atoms with van der Waals surface area (Å²) in [5.74, 6) is 0. The highest BCUT2D eigenvalue weighted by molar-refractivity contribution is 5.02. The number of hydrogen-bond donors (Lipinski definition) is 0. The lowest BCUT2D eigenvalue weighted by Gasteiger charge is -1.79. The monoisotopic (exact) mass is 250 g/mol. The molecule has 18 heavy (non-hydrogen) atoms. The largest absolute Gasteiger partial charge is 0.0844 e. The lowest BCUT2D eigenvalue weighted by molar-refractivity contribution is 0.772. The first-order chi connectivity index (χ1) is 8.91. The highest BCUT2D eigenvalue weighted by atomic mass is 13.8. The fraction of sp³-hybridized carbons (Fsp3) is 0.556. The van der Waals surface area contributed by atoms with Crippen molar-refractivity contribution in [3.63, 3.8) is 0 Å². The standard InChI is InChI=1S/C6H6.C5H12.C3H4.2C2H6/c1-2-4-6-5-3-1;1-3-5-4-2;1-2-3-1;2*1-2/h1-6H;3-5H2,1-2H3;1-2H,3H2;2*1-2H3. The van der Waals surface area contributed by atoms with Crippen LogP contribution in [-0.4, -0.2) is 0 Å². The van der Waals surface area contributed by atoms with Gasteiger partial charge in [0.15, 0.2) is 0 Å². The van der Waals surface area contributed by atoms with Gasteiger partial charge >= 0.3 is 0 Å². The van der Waals surface area contributed by atoms with Gasteiger partial charge in [-0.1, -0.05) is 109 Å². The van der Waals surface area contributed by atoms with Crippen LogP contribution in [0.1, 0.15) is 67.2 Å². The molecule has 1 aromatic rings. The second-order valence-corrected chi connectivity index (χ2v) is 3.22. The number of allylic oxidation sites excluding steroid dienone is 2. The van der Waals surface area contributed by atoms with E-state index >= 15 is 0 Å². The van der Waals surface area contributed by atoms with E-state index in [-0.39, 0.29) is 0 Å². The molecule has 1 aliphatic carbocycles. The zero-order chi connectivity index (χ0) is 14.5. The first-order valence-corrected chi connectivity index (χ1v) is 7.56. The Hall–Kier alpha value is -1.04. The number of unbranched alkanes of at least 4 members (excludes halogenated alkanes) is 2. The minimum Gasteiger partial charge on any atom is -0.0844 e. The second-order valence-electron chi connectivity index (χ2n) is 3.22. The van der Waals surface area contributed by atoms with Gasteiger partial charge in [0.05, 0.1) is 0 Å². The van der Waals surface area contributed by atoms with Crippen molar-refractivity contribution in [2.75, 3.05) is 0 Å². The molecule has 0 saturated heterocycles. The van der Waals surface area contributed by atoms with E-state index in [1.165, 1.54) is 25.7 Å². The first-order valence-electron chi connectivity index (χ1n) is 7.56. The Bertz CT molecular complexity index is 166. The van der Waals surface area contributed by atoms with Gasteiger partial charge in [0.25, 0.3) is 0 Å². The van der Waals surface area contributed by atoms with Crippen molar-refractivity contribution in [1.29, 1.82) is 0 Å². The third kappa shape index (κ3) is 46.0. The fourth-order valence-corrected chi connectivity index (χ4v) is 0.738. The average Bonchev–Trinajstić information content (AvgIpc) is 3.35. The summed E-state index contributed by atoms with van der Waals surface area (Å²) in [6.07, 6.45) is 9.58. The molecule has 0 heterocycles. The predicted molar refractivity (Wildman–Crippen MR) is 88.1 cm³/mol. The van der Waals surface area contributed by atoms with Gasteiger partial charge in [0, 0.05) is 0 Å². The van der Waals surface area contributed by atoms with Crippen LogP contribution in [0.15, 0.2) is 48.6 Å². The van der Waals surface area contributed by atoms with Crippen LogP contribution in [0.4, 0.5) is 0 Å². The van der Waals surface area contributed by atoms with Gasteiger partial charge in [-0.2, -0.15) is 0 Å². The molecule has 0 nitrogen and oxygen atoms in total. The van der Waals surface area contributed by atoms with Crippen molar-refractivity contribution in [2.24, 2.45) is 0 Å². The van der Waals surface area contributed by atoms with Gasteiger partial charge in [-0.15, -0.1) is 0 Å². The fourth-order valence-electron chi connectivity index (χ4n) is 0.738. The zero-order valence-electron chi connectivity index (χ0n) is 13.4. The predicted octanol–water partition coefficient (Wildman–Crippen LogP) is 6.88. The molecule has 2 rings (SSSR count). The summed E-state index contributed by atoms with van der Waals surface area (Å²) in [5, 5.41) is 0. The van der Waals surface area contributed by atoms with E-state index in [0.717, 1.165) is 0 Å². The molecule has 0 bridgehead atoms. The maximum atomic E-state index is 2.21. The topological polar surface area (TPSA) is 0 Å². The SMILES string of the molecule is C1=CC1.CC.CC.CCCCC.c1ccccc1. The van der Waals surface area contributed by atoms with Gasteiger partial charge in [0.2, 0.25) is 0 Å². The highest BCUT2D eigenvalue weighted by Gasteiger charge is 1.75. The summed E-state index contributed by atoms with van der Waals surface area (Å²) in [5.41, 5.74) is 0. The average molecular weight is 250 g/mol. The number of rotatable bonds is 2. The number of benzene rings is 1. The summed E-state index contributed by atoms with van der Waals surface area (Å²) in [4.78, 5) is 0. The van der Waals surface area contributed by atoms with Crippen molar-refractivity contribution >= 4 is 0 Å². The van der Waals surface area contributed by atoms with Crippen molar-refractivity contribution in [3.05, 3.63) is 48.6 Å². The third-order valence-corrected chi connectivity index (χ3v) is 1.61. The normalized spacial score (nSPS) is 8.78. The number of hydrogen-bond acceptors (Lipinski definition) is 0. The van der Waals surface area contributed by atoms with Crippen LogP contribution in [0, 0.1) is 0 Å². The van der Waals surface area contributed by atoms with Crippen molar-refractivity contribution in [1.82, 2.24) is 0 Å². The molecule has 0 heteroatoms. The Labute approximate surface area is 116 Å². The van der Waals surface area contributed by atoms with E-state index < -0.39 is 0 Å². The summed E-state index contributed by atoms with van der Waals surface area (Å²) < 4.78 is 0. The lowest BCUT2D eigenvalue weighted by atomic mass is 10.3. The van der Waals surface area contributed by atoms with Crippen molar-refractivity contribution in [3.8, 4) is 0 Å². The van der Waals surface area contributed by atoms with Crippen molar-refractivity contribution in [2.45, 2.75) is 67.2 Å². The molecule has 0 saturated carbocycles. The van der Waals surface area contributed by atoms with E-state index in [0.29, 0.717) is 0 Å². The van der Waals surface area contributed by atoms with Gasteiger partial charge in [0.1, 0.15) is 0 Å². The molecular weight excluding hydrogens is 216 g/mol. The highest BCUT2D eigenvalue weighted by Crippen LogP contribution is 1.96. The Balaban J connectivity index is -0.000000170. The molecular formula is C18H34. The smallest absolute Gasteiger partial charge is 0.0169 e. The quantitative estimate of drug-likeness (QED) is 0.502. The van der Waals surface area contributed by atoms with Crippen LogP contribution in [0.3, 0.4) is 0 Å². The van der Waals surface area contributed by atoms with Gasteiger partial charge in [-0.25, -0.2) is 0 Å². The van der Waals surface area contributed by atoms with Gasteiger partial charge < -0.3 is 0 Å². The molecule has 0 atom stereocenters. The Morgan fingerprint density at radius 1 is 0.611 bits per heavy atom. The zero-order valence-corrected chi connectivity index (χ0v) is 13.4. The van der Waals surface area contributed by atoms with Crippen molar-refractivity contribution < 1.29 is 0 Å². The summed E-state index contributed by atoms with van der Waals surface area (Å²) in [7, 11) is 0. The summed E-state index contributed by atoms with van der Waals surface area (Å²) >= 11 is 0. The Morgan fingerprint density at radius 2 is 0.833 bits per heavy atom. The molecule has 1 aromatic carbocycles. The molecule has 106 valence electrons. The molecule has 1 aliphatic rings. The van der Waals surface area contributed by atoms with E-state index in [9.17, 15) is 0 Å². The third-order valence-electron chi connectivity index (χ3n) is 1.61. The van der Waals surface area contributed by atoms with Gasteiger partial charge in [-0.3, -0.25) is 0 Å². The molecule has 0 unspecified atom stereocenters. The minimum atomic E-state index is 1.25. The maximum Gasteiger partial charge on any atom is -0.0169 e. The maximum absolute atomic E-state index is 2.21. The minimum absolute atomic E-state index is 1.25. The Kier molecular flexibility index (Phi) is 36.6. The van der Waals surface area contributed by atoms with Crippen LogP contribution in [0.25, 0.3) is 0 Å². The van der Waals surface area contributed by atoms with E-state index in [2.05, 4.69) is 26.0 Å². The van der Waals surface area contributed by atoms with E-state index in [1.54, 1.807) is 0 Å². The summed E-state index contributed by atoms with van der Waals surface area (Å²) in [6, 6.07) is 12.0. The molecule has 0 amide bonds. The first kappa shape index (κ1) is 22.2. The van der Waals surface area contributed by atoms with Crippen LogP contribution < -0.4 is 0 Å². The van der Waals surface area contributed by atoms with Crippen LogP contribution in [0.5, 0.6) is 0 Å². The second kappa shape index (κ2) is 29.7. The lowest BCUT2D eigenvalue weighted by Crippen LogP contribution is -1.59. The van der Waals surface area contributed by atoms with E-state index in [4.69, 9.17) is 0 Å². The molecule has 0 N–H and O–H groups in total. The molecule has 0 fully saturated rings. The molecule has 0 aliphatic heterocycles. The van der Waals surface area contributed by atoms with Crippen LogP contribution in [0.2, 0.25) is 0 Å². The van der Waals surface area contributed by atoms with Gasteiger partial charge in [-0.05, 0) is 6.42 Å². The van der Waals surface area contributed by atoms with Crippen LogP contribution in [-0.2, 0) is 0 Å². The Morgan fingerprint density at radius 3 is 0.889 bits per heavy atom.